The Morgan fingerprint density at radius 1 is 1.13 bits per heavy atom. The molecule has 0 unspecified atom stereocenters. The van der Waals surface area contributed by atoms with E-state index in [1.807, 2.05) is 13.8 Å². The van der Waals surface area contributed by atoms with Crippen LogP contribution < -0.4 is 21.5 Å². The molecule has 2 amide bonds. The lowest BCUT2D eigenvalue weighted by Crippen LogP contribution is -2.25. The highest BCUT2D eigenvalue weighted by molar-refractivity contribution is 5.99. The first-order valence-electron chi connectivity index (χ1n) is 12.4. The van der Waals surface area contributed by atoms with Crippen molar-refractivity contribution in [2.45, 2.75) is 54.0 Å². The highest BCUT2D eigenvalue weighted by Crippen LogP contribution is 2.30. The zero-order valence-corrected chi connectivity index (χ0v) is 22.7. The van der Waals surface area contributed by atoms with Crippen LogP contribution in [-0.2, 0) is 6.42 Å². The van der Waals surface area contributed by atoms with Crippen LogP contribution >= 0.6 is 0 Å². The Balaban J connectivity index is 1.68. The van der Waals surface area contributed by atoms with Crippen molar-refractivity contribution in [1.29, 1.82) is 0 Å². The summed E-state index contributed by atoms with van der Waals surface area (Å²) in [5.41, 5.74) is 2.40. The number of pyridine rings is 1. The number of fused-ring (bicyclic) bond motifs is 1. The molecular formula is C27H33FN8O2. The molecule has 0 fully saturated rings. The fourth-order valence-corrected chi connectivity index (χ4v) is 4.31. The summed E-state index contributed by atoms with van der Waals surface area (Å²) < 4.78 is 16.5. The van der Waals surface area contributed by atoms with Gasteiger partial charge in [-0.15, -0.1) is 0 Å². The Labute approximate surface area is 220 Å². The quantitative estimate of drug-likeness (QED) is 0.266. The predicted octanol–water partition coefficient (Wildman–Crippen LogP) is 5.48. The molecule has 0 saturated carbocycles. The molecule has 0 aliphatic heterocycles. The third kappa shape index (κ3) is 5.66. The van der Waals surface area contributed by atoms with Crippen molar-refractivity contribution in [3.63, 3.8) is 0 Å². The van der Waals surface area contributed by atoms with Gasteiger partial charge in [0, 0.05) is 36.3 Å². The molecule has 3 aromatic heterocycles. The molecule has 4 aromatic rings. The summed E-state index contributed by atoms with van der Waals surface area (Å²) in [6.45, 7) is 11.8. The molecule has 4 rings (SSSR count). The van der Waals surface area contributed by atoms with E-state index in [2.05, 4.69) is 56.9 Å². The third-order valence-corrected chi connectivity index (χ3v) is 5.96. The van der Waals surface area contributed by atoms with E-state index >= 15 is 0 Å². The van der Waals surface area contributed by atoms with Gasteiger partial charge < -0.3 is 10.6 Å². The summed E-state index contributed by atoms with van der Waals surface area (Å²) in [4.78, 5) is 35.0. The van der Waals surface area contributed by atoms with Crippen LogP contribution in [0.15, 0.2) is 35.3 Å². The molecule has 1 aromatic carbocycles. The number of urea groups is 1. The zero-order chi connectivity index (χ0) is 27.8. The van der Waals surface area contributed by atoms with E-state index in [1.165, 1.54) is 12.1 Å². The number of nitrogens with one attached hydrogen (secondary N) is 4. The molecule has 4 N–H and O–H groups in total. The number of nitrogens with zero attached hydrogens (tertiary/aromatic N) is 4. The molecule has 11 heteroatoms. The van der Waals surface area contributed by atoms with Crippen LogP contribution in [-0.4, -0.2) is 37.8 Å². The summed E-state index contributed by atoms with van der Waals surface area (Å²) in [5, 5.41) is 15.7. The van der Waals surface area contributed by atoms with Gasteiger partial charge in [-0.2, -0.15) is 10.1 Å². The highest BCUT2D eigenvalue weighted by Gasteiger charge is 2.19. The molecule has 0 saturated heterocycles. The monoisotopic (exact) mass is 520 g/mol. The fraction of sp³-hybridized carbons (Fsp3) is 0.370. The zero-order valence-electron chi connectivity index (χ0n) is 22.7. The van der Waals surface area contributed by atoms with E-state index in [0.29, 0.717) is 39.5 Å². The first kappa shape index (κ1) is 26.8. The minimum atomic E-state index is -0.643. The molecule has 3 heterocycles. The minimum absolute atomic E-state index is 0.0361. The standard InChI is InChI=1S/C27H33FN8O2/c1-14(2)36-23-16(13-30-25(29-7)33-23)9-19(24(36)37)18-11-21(20(28)8-15(18)3)31-26(38)32-22-10-17(34-35-22)12-27(4,5)6/h8-11,13-14H,12H2,1-7H3,(H,29,30,33)(H3,31,32,34,35,38). The van der Waals surface area contributed by atoms with Gasteiger partial charge in [0.05, 0.1) is 11.4 Å². The number of amides is 2. The van der Waals surface area contributed by atoms with E-state index < -0.39 is 11.8 Å². The predicted molar refractivity (Wildman–Crippen MR) is 148 cm³/mol. The molecule has 200 valence electrons. The number of carbonyl (C=O) groups is 1. The molecule has 0 bridgehead atoms. The van der Waals surface area contributed by atoms with E-state index in [4.69, 9.17) is 0 Å². The summed E-state index contributed by atoms with van der Waals surface area (Å²) in [6, 6.07) is 5.38. The Hall–Kier alpha value is -4.28. The van der Waals surface area contributed by atoms with Gasteiger partial charge in [-0.25, -0.2) is 14.2 Å². The first-order valence-corrected chi connectivity index (χ1v) is 12.4. The largest absolute Gasteiger partial charge is 0.357 e. The lowest BCUT2D eigenvalue weighted by Gasteiger charge is -2.17. The number of rotatable bonds is 6. The maximum atomic E-state index is 14.9. The molecule has 10 nitrogen and oxygen atoms in total. The van der Waals surface area contributed by atoms with Gasteiger partial charge in [0.2, 0.25) is 5.95 Å². The Bertz CT molecular complexity index is 1570. The van der Waals surface area contributed by atoms with Crippen molar-refractivity contribution < 1.29 is 9.18 Å². The average Bonchev–Trinajstić information content (AvgIpc) is 3.24. The molecule has 0 spiro atoms. The smallest absolute Gasteiger partial charge is 0.324 e. The number of hydrogen-bond acceptors (Lipinski definition) is 6. The van der Waals surface area contributed by atoms with Crippen LogP contribution in [0.25, 0.3) is 22.2 Å². The van der Waals surface area contributed by atoms with Gasteiger partial charge in [-0.05, 0) is 61.9 Å². The maximum Gasteiger partial charge on any atom is 0.324 e. The highest BCUT2D eigenvalue weighted by atomic mass is 19.1. The fourth-order valence-electron chi connectivity index (χ4n) is 4.31. The van der Waals surface area contributed by atoms with Gasteiger partial charge in [0.25, 0.3) is 5.56 Å². The number of aryl methyl sites for hydroxylation is 1. The SMILES string of the molecule is CNc1ncc2cc(-c3cc(NC(=O)Nc4cc(CC(C)(C)C)n[nH]4)c(F)cc3C)c(=O)n(C(C)C)c2n1. The number of hydrogen-bond donors (Lipinski definition) is 4. The molecule has 0 aliphatic carbocycles. The van der Waals surface area contributed by atoms with Crippen molar-refractivity contribution in [3.8, 4) is 11.1 Å². The Morgan fingerprint density at radius 2 is 1.87 bits per heavy atom. The number of aromatic nitrogens is 5. The van der Waals surface area contributed by atoms with Gasteiger partial charge >= 0.3 is 6.03 Å². The van der Waals surface area contributed by atoms with E-state index in [1.54, 1.807) is 36.9 Å². The molecular weight excluding hydrogens is 487 g/mol. The van der Waals surface area contributed by atoms with Gasteiger partial charge in [0.15, 0.2) is 0 Å². The van der Waals surface area contributed by atoms with Gasteiger partial charge in [-0.3, -0.25) is 19.8 Å². The minimum Gasteiger partial charge on any atom is -0.357 e. The molecule has 38 heavy (non-hydrogen) atoms. The average molecular weight is 521 g/mol. The van der Waals surface area contributed by atoms with Crippen molar-refractivity contribution in [3.05, 3.63) is 57.9 Å². The van der Waals surface area contributed by atoms with Gasteiger partial charge in [0.1, 0.15) is 17.3 Å². The summed E-state index contributed by atoms with van der Waals surface area (Å²) in [7, 11) is 1.71. The Morgan fingerprint density at radius 3 is 2.53 bits per heavy atom. The molecule has 0 aliphatic rings. The van der Waals surface area contributed by atoms with Crippen LogP contribution in [0.5, 0.6) is 0 Å². The topological polar surface area (TPSA) is 130 Å². The van der Waals surface area contributed by atoms with Crippen molar-refractivity contribution in [1.82, 2.24) is 24.7 Å². The summed E-state index contributed by atoms with van der Waals surface area (Å²) >= 11 is 0. The molecule has 0 atom stereocenters. The summed E-state index contributed by atoms with van der Waals surface area (Å²) in [5.74, 6) is 0.175. The van der Waals surface area contributed by atoms with E-state index in [0.717, 1.165) is 12.1 Å². The second-order valence-electron chi connectivity index (χ2n) is 10.8. The number of aromatic amines is 1. The number of H-pyrrole nitrogens is 1. The van der Waals surface area contributed by atoms with E-state index in [9.17, 15) is 14.0 Å². The van der Waals surface area contributed by atoms with Crippen LogP contribution in [0, 0.1) is 18.2 Å². The lowest BCUT2D eigenvalue weighted by atomic mass is 9.91. The number of carbonyl (C=O) groups excluding carboxylic acids is 1. The van der Waals surface area contributed by atoms with Crippen LogP contribution in [0.1, 0.15) is 51.9 Å². The van der Waals surface area contributed by atoms with Gasteiger partial charge in [-0.1, -0.05) is 20.8 Å². The molecule has 0 radical (unpaired) electrons. The van der Waals surface area contributed by atoms with Crippen LogP contribution in [0.3, 0.4) is 0 Å². The number of halogens is 1. The van der Waals surface area contributed by atoms with Crippen LogP contribution in [0.2, 0.25) is 0 Å². The maximum absolute atomic E-state index is 14.9. The third-order valence-electron chi connectivity index (χ3n) is 5.96. The summed E-state index contributed by atoms with van der Waals surface area (Å²) in [6.07, 6.45) is 2.36. The van der Waals surface area contributed by atoms with Crippen molar-refractivity contribution in [2.75, 3.05) is 23.0 Å². The second-order valence-corrected chi connectivity index (χ2v) is 10.8. The van der Waals surface area contributed by atoms with Crippen molar-refractivity contribution in [2.24, 2.45) is 5.41 Å². The second kappa shape index (κ2) is 10.2. The van der Waals surface area contributed by atoms with Crippen LogP contribution in [0.4, 0.5) is 26.6 Å². The first-order chi connectivity index (χ1) is 17.9. The lowest BCUT2D eigenvalue weighted by molar-refractivity contribution is 0.262. The van der Waals surface area contributed by atoms with Crippen molar-refractivity contribution >= 4 is 34.5 Å². The number of anilines is 3. The number of benzene rings is 1. The Kier molecular flexibility index (Phi) is 7.21. The van der Waals surface area contributed by atoms with E-state index in [-0.39, 0.29) is 22.7 Å². The normalized spacial score (nSPS) is 11.7.